The highest BCUT2D eigenvalue weighted by Gasteiger charge is 2.21. The molecule has 0 fully saturated rings. The summed E-state index contributed by atoms with van der Waals surface area (Å²) in [7, 11) is 0. The van der Waals surface area contributed by atoms with E-state index in [4.69, 9.17) is 14.2 Å². The number of benzene rings is 1. The second-order valence-corrected chi connectivity index (χ2v) is 7.38. The van der Waals surface area contributed by atoms with Gasteiger partial charge in [-0.3, -0.25) is 4.79 Å². The van der Waals surface area contributed by atoms with E-state index in [1.54, 1.807) is 18.2 Å². The van der Waals surface area contributed by atoms with E-state index in [0.717, 1.165) is 27.0 Å². The molecule has 2 aromatic heterocycles. The second-order valence-electron chi connectivity index (χ2n) is 6.38. The zero-order chi connectivity index (χ0) is 19.1. The molecular formula is C20H17NO5S. The molecule has 3 aromatic rings. The predicted octanol–water partition coefficient (Wildman–Crippen LogP) is 3.99. The van der Waals surface area contributed by atoms with Crippen molar-refractivity contribution in [1.29, 1.82) is 0 Å². The number of aryl methyl sites for hydroxylation is 3. The Balaban J connectivity index is 1.51. The molecule has 7 heteroatoms. The van der Waals surface area contributed by atoms with Crippen LogP contribution in [0.25, 0.3) is 10.2 Å². The largest absolute Gasteiger partial charge is 0.454 e. The summed E-state index contributed by atoms with van der Waals surface area (Å²) in [4.78, 5) is 30.6. The Morgan fingerprint density at radius 1 is 1.15 bits per heavy atom. The number of hydrogen-bond donors (Lipinski definition) is 0. The first-order valence-electron chi connectivity index (χ1n) is 8.41. The Hall–Kier alpha value is -2.93. The van der Waals surface area contributed by atoms with Crippen LogP contribution in [0.3, 0.4) is 0 Å². The van der Waals surface area contributed by atoms with Crippen LogP contribution in [0.4, 0.5) is 0 Å². The van der Waals surface area contributed by atoms with Crippen LogP contribution in [0.5, 0.6) is 11.5 Å². The summed E-state index contributed by atoms with van der Waals surface area (Å²) in [5.74, 6) is 0.305. The van der Waals surface area contributed by atoms with Crippen LogP contribution in [0.2, 0.25) is 0 Å². The standard InChI is InChI=1S/C20H17NO5S/c1-10-6-11(2)21-19-17(10)12(3)18(27-19)20(23)24-8-14(22)13-4-5-15-16(7-13)26-9-25-15/h4-7H,8-9H2,1-3H3. The maximum Gasteiger partial charge on any atom is 0.349 e. The summed E-state index contributed by atoms with van der Waals surface area (Å²) >= 11 is 1.29. The molecule has 0 aliphatic carbocycles. The third kappa shape index (κ3) is 3.14. The molecule has 0 N–H and O–H groups in total. The van der Waals surface area contributed by atoms with Crippen molar-refractivity contribution < 1.29 is 23.8 Å². The van der Waals surface area contributed by atoms with E-state index in [1.807, 2.05) is 26.8 Å². The number of esters is 1. The minimum atomic E-state index is -0.512. The molecule has 0 atom stereocenters. The van der Waals surface area contributed by atoms with E-state index < -0.39 is 5.97 Å². The maximum atomic E-state index is 12.5. The van der Waals surface area contributed by atoms with Crippen molar-refractivity contribution >= 4 is 33.3 Å². The van der Waals surface area contributed by atoms with Gasteiger partial charge in [-0.15, -0.1) is 11.3 Å². The van der Waals surface area contributed by atoms with Crippen molar-refractivity contribution in [3.8, 4) is 11.5 Å². The van der Waals surface area contributed by atoms with Gasteiger partial charge in [0, 0.05) is 16.6 Å². The van der Waals surface area contributed by atoms with Gasteiger partial charge in [-0.05, 0) is 56.2 Å². The Labute approximate surface area is 159 Å². The molecule has 0 bridgehead atoms. The van der Waals surface area contributed by atoms with Gasteiger partial charge in [0.05, 0.1) is 0 Å². The normalized spacial score (nSPS) is 12.4. The van der Waals surface area contributed by atoms with Crippen LogP contribution < -0.4 is 9.47 Å². The third-order valence-electron chi connectivity index (χ3n) is 4.44. The topological polar surface area (TPSA) is 74.7 Å². The Morgan fingerprint density at radius 3 is 2.74 bits per heavy atom. The molecule has 0 spiro atoms. The average molecular weight is 383 g/mol. The van der Waals surface area contributed by atoms with Crippen LogP contribution in [-0.2, 0) is 4.74 Å². The number of carbonyl (C=O) groups excluding carboxylic acids is 2. The number of pyridine rings is 1. The lowest BCUT2D eigenvalue weighted by Crippen LogP contribution is -2.14. The fourth-order valence-corrected chi connectivity index (χ4v) is 4.36. The molecule has 1 aliphatic rings. The zero-order valence-electron chi connectivity index (χ0n) is 15.1. The number of aromatic nitrogens is 1. The smallest absolute Gasteiger partial charge is 0.349 e. The summed E-state index contributed by atoms with van der Waals surface area (Å²) in [6.07, 6.45) is 0. The molecule has 0 radical (unpaired) electrons. The van der Waals surface area contributed by atoms with Crippen LogP contribution in [0.1, 0.15) is 36.9 Å². The summed E-state index contributed by atoms with van der Waals surface area (Å²) < 4.78 is 15.8. The Morgan fingerprint density at radius 2 is 1.93 bits per heavy atom. The first-order chi connectivity index (χ1) is 12.9. The van der Waals surface area contributed by atoms with E-state index in [2.05, 4.69) is 4.98 Å². The van der Waals surface area contributed by atoms with Crippen molar-refractivity contribution in [3.05, 3.63) is 51.5 Å². The second kappa shape index (κ2) is 6.66. The Bertz CT molecular complexity index is 1090. The minimum absolute atomic E-state index is 0.139. The lowest BCUT2D eigenvalue weighted by Gasteiger charge is -2.05. The number of carbonyl (C=O) groups is 2. The van der Waals surface area contributed by atoms with E-state index in [1.165, 1.54) is 11.3 Å². The molecule has 0 saturated carbocycles. The Kier molecular flexibility index (Phi) is 4.31. The molecule has 0 amide bonds. The molecule has 27 heavy (non-hydrogen) atoms. The highest BCUT2D eigenvalue weighted by molar-refractivity contribution is 7.20. The predicted molar refractivity (Wildman–Crippen MR) is 101 cm³/mol. The van der Waals surface area contributed by atoms with Crippen molar-refractivity contribution in [2.24, 2.45) is 0 Å². The van der Waals surface area contributed by atoms with E-state index in [0.29, 0.717) is 21.9 Å². The molecular weight excluding hydrogens is 366 g/mol. The van der Waals surface area contributed by atoms with Crippen molar-refractivity contribution in [2.45, 2.75) is 20.8 Å². The van der Waals surface area contributed by atoms with Gasteiger partial charge in [0.1, 0.15) is 9.71 Å². The highest BCUT2D eigenvalue weighted by Crippen LogP contribution is 2.34. The van der Waals surface area contributed by atoms with Gasteiger partial charge < -0.3 is 14.2 Å². The van der Waals surface area contributed by atoms with Gasteiger partial charge in [-0.1, -0.05) is 0 Å². The number of rotatable bonds is 4. The molecule has 138 valence electrons. The van der Waals surface area contributed by atoms with Crippen molar-refractivity contribution in [3.63, 3.8) is 0 Å². The van der Waals surface area contributed by atoms with Gasteiger partial charge in [-0.2, -0.15) is 0 Å². The molecule has 0 unspecified atom stereocenters. The number of thiophene rings is 1. The maximum absolute atomic E-state index is 12.5. The fourth-order valence-electron chi connectivity index (χ4n) is 3.16. The van der Waals surface area contributed by atoms with Gasteiger partial charge in [-0.25, -0.2) is 9.78 Å². The number of ketones is 1. The van der Waals surface area contributed by atoms with E-state index >= 15 is 0 Å². The third-order valence-corrected chi connectivity index (χ3v) is 5.61. The van der Waals surface area contributed by atoms with Gasteiger partial charge in [0.15, 0.2) is 23.9 Å². The molecule has 0 saturated heterocycles. The van der Waals surface area contributed by atoms with E-state index in [-0.39, 0.29) is 19.2 Å². The lowest BCUT2D eigenvalue weighted by atomic mass is 10.1. The van der Waals surface area contributed by atoms with Crippen LogP contribution >= 0.6 is 11.3 Å². The molecule has 1 aliphatic heterocycles. The summed E-state index contributed by atoms with van der Waals surface area (Å²) in [6, 6.07) is 6.88. The van der Waals surface area contributed by atoms with Crippen molar-refractivity contribution in [2.75, 3.05) is 13.4 Å². The number of fused-ring (bicyclic) bond motifs is 2. The molecule has 3 heterocycles. The SMILES string of the molecule is Cc1cc(C)c2c(C)c(C(=O)OCC(=O)c3ccc4c(c3)OCO4)sc2n1. The summed E-state index contributed by atoms with van der Waals surface area (Å²) in [6.45, 7) is 5.59. The fraction of sp³-hybridized carbons (Fsp3) is 0.250. The first kappa shape index (κ1) is 17.5. The summed E-state index contributed by atoms with van der Waals surface area (Å²) in [5, 5.41) is 0.972. The number of ether oxygens (including phenoxy) is 3. The minimum Gasteiger partial charge on any atom is -0.454 e. The van der Waals surface area contributed by atoms with Gasteiger partial charge >= 0.3 is 5.97 Å². The van der Waals surface area contributed by atoms with Gasteiger partial charge in [0.25, 0.3) is 0 Å². The average Bonchev–Trinajstić information content (AvgIpc) is 3.23. The number of nitrogens with zero attached hydrogens (tertiary/aromatic N) is 1. The molecule has 4 rings (SSSR count). The summed E-state index contributed by atoms with van der Waals surface area (Å²) in [5.41, 5.74) is 3.22. The highest BCUT2D eigenvalue weighted by atomic mass is 32.1. The van der Waals surface area contributed by atoms with Gasteiger partial charge in [0.2, 0.25) is 6.79 Å². The van der Waals surface area contributed by atoms with Crippen LogP contribution in [0, 0.1) is 20.8 Å². The molecule has 6 nitrogen and oxygen atoms in total. The van der Waals surface area contributed by atoms with E-state index in [9.17, 15) is 9.59 Å². The quantitative estimate of drug-likeness (QED) is 0.501. The zero-order valence-corrected chi connectivity index (χ0v) is 15.9. The number of hydrogen-bond acceptors (Lipinski definition) is 7. The van der Waals surface area contributed by atoms with Crippen LogP contribution in [0.15, 0.2) is 24.3 Å². The monoisotopic (exact) mass is 383 g/mol. The first-order valence-corrected chi connectivity index (χ1v) is 9.23. The van der Waals surface area contributed by atoms with Crippen LogP contribution in [-0.4, -0.2) is 30.1 Å². The van der Waals surface area contributed by atoms with Crippen molar-refractivity contribution in [1.82, 2.24) is 4.98 Å². The number of Topliss-reactive ketones (excluding diaryl/α,β-unsaturated/α-hetero) is 1. The molecule has 1 aromatic carbocycles. The lowest BCUT2D eigenvalue weighted by molar-refractivity contribution is 0.0479.